The second kappa shape index (κ2) is 7.52. The molecule has 2 aromatic rings. The van der Waals surface area contributed by atoms with Crippen LogP contribution in [-0.2, 0) is 6.54 Å². The number of amides is 1. The highest BCUT2D eigenvalue weighted by molar-refractivity contribution is 7.99. The van der Waals surface area contributed by atoms with Crippen LogP contribution >= 0.6 is 11.8 Å². The van der Waals surface area contributed by atoms with Gasteiger partial charge in [0, 0.05) is 62.0 Å². The molecule has 2 bridgehead atoms. The molecule has 5 rings (SSSR count). The van der Waals surface area contributed by atoms with E-state index in [9.17, 15) is 9.59 Å². The van der Waals surface area contributed by atoms with Gasteiger partial charge in [0.25, 0.3) is 11.5 Å². The van der Waals surface area contributed by atoms with Gasteiger partial charge in [-0.1, -0.05) is 0 Å². The summed E-state index contributed by atoms with van der Waals surface area (Å²) in [5.74, 6) is 3.51. The molecule has 0 aromatic carbocycles. The number of thioether (sulfide) groups is 1. The lowest BCUT2D eigenvalue weighted by Gasteiger charge is -2.43. The van der Waals surface area contributed by atoms with Crippen LogP contribution in [0.2, 0.25) is 0 Å². The summed E-state index contributed by atoms with van der Waals surface area (Å²) in [6.07, 6.45) is 2.96. The van der Waals surface area contributed by atoms with Crippen molar-refractivity contribution >= 4 is 23.5 Å². The lowest BCUT2D eigenvalue weighted by molar-refractivity contribution is 0.0769. The lowest BCUT2D eigenvalue weighted by Crippen LogP contribution is -2.49. The average Bonchev–Trinajstić information content (AvgIpc) is 2.74. The second-order valence-corrected chi connectivity index (χ2v) is 9.61. The molecule has 29 heavy (non-hydrogen) atoms. The fourth-order valence-electron chi connectivity index (χ4n) is 4.93. The quantitative estimate of drug-likeness (QED) is 0.761. The summed E-state index contributed by atoms with van der Waals surface area (Å²) in [6, 6.07) is 7.93. The van der Waals surface area contributed by atoms with Gasteiger partial charge >= 0.3 is 0 Å². The second-order valence-electron chi connectivity index (χ2n) is 8.39. The molecule has 3 aliphatic heterocycles. The molecule has 0 spiro atoms. The Labute approximate surface area is 174 Å². The Bertz CT molecular complexity index is 999. The molecule has 6 nitrogen and oxygen atoms in total. The summed E-state index contributed by atoms with van der Waals surface area (Å²) in [5.41, 5.74) is 2.50. The van der Waals surface area contributed by atoms with Gasteiger partial charge in [-0.05, 0) is 49.1 Å². The van der Waals surface area contributed by atoms with Crippen molar-refractivity contribution < 1.29 is 4.79 Å². The fourth-order valence-corrected chi connectivity index (χ4v) is 5.83. The van der Waals surface area contributed by atoms with E-state index < -0.39 is 0 Å². The number of hydrogen-bond acceptors (Lipinski definition) is 5. The van der Waals surface area contributed by atoms with Gasteiger partial charge in [-0.2, -0.15) is 11.8 Å². The van der Waals surface area contributed by atoms with Crippen LogP contribution in [0.1, 0.15) is 34.0 Å². The van der Waals surface area contributed by atoms with Crippen molar-refractivity contribution in [3.05, 3.63) is 57.6 Å². The summed E-state index contributed by atoms with van der Waals surface area (Å²) in [4.78, 5) is 34.9. The van der Waals surface area contributed by atoms with E-state index in [1.807, 2.05) is 39.6 Å². The third-order valence-electron chi connectivity index (χ3n) is 6.36. The summed E-state index contributed by atoms with van der Waals surface area (Å²) >= 11 is 1.86. The van der Waals surface area contributed by atoms with Crippen LogP contribution in [0.15, 0.2) is 35.3 Å². The van der Waals surface area contributed by atoms with E-state index in [1.165, 1.54) is 5.56 Å². The number of pyridine rings is 2. The van der Waals surface area contributed by atoms with E-state index in [4.69, 9.17) is 0 Å². The third-order valence-corrected chi connectivity index (χ3v) is 7.30. The van der Waals surface area contributed by atoms with Crippen LogP contribution < -0.4 is 10.5 Å². The van der Waals surface area contributed by atoms with E-state index in [0.29, 0.717) is 23.9 Å². The number of carbonyl (C=O) groups is 1. The highest BCUT2D eigenvalue weighted by Crippen LogP contribution is 2.36. The van der Waals surface area contributed by atoms with Gasteiger partial charge in [-0.15, -0.1) is 0 Å². The summed E-state index contributed by atoms with van der Waals surface area (Å²) in [5, 5.41) is 0. The van der Waals surface area contributed by atoms with Crippen LogP contribution in [0.4, 0.5) is 5.82 Å². The van der Waals surface area contributed by atoms with Gasteiger partial charge in [0.1, 0.15) is 11.4 Å². The minimum atomic E-state index is -0.109. The molecular formula is C22H26N4O2S. The number of piperidine rings is 1. The average molecular weight is 411 g/mol. The Hall–Kier alpha value is -2.28. The summed E-state index contributed by atoms with van der Waals surface area (Å²) in [6.45, 7) is 6.00. The number of nitrogens with zero attached hydrogens (tertiary/aromatic N) is 4. The Morgan fingerprint density at radius 3 is 2.76 bits per heavy atom. The van der Waals surface area contributed by atoms with Crippen LogP contribution in [0, 0.1) is 12.8 Å². The van der Waals surface area contributed by atoms with Crippen LogP contribution in [0.25, 0.3) is 0 Å². The predicted octanol–water partition coefficient (Wildman–Crippen LogP) is 2.36. The molecule has 152 valence electrons. The third kappa shape index (κ3) is 3.45. The number of aromatic nitrogens is 2. The number of aryl methyl sites for hydroxylation is 1. The smallest absolute Gasteiger partial charge is 0.263 e. The topological polar surface area (TPSA) is 58.4 Å². The highest BCUT2D eigenvalue weighted by Gasteiger charge is 2.36. The predicted molar refractivity (Wildman–Crippen MR) is 116 cm³/mol. The molecule has 1 amide bonds. The number of hydrogen-bond donors (Lipinski definition) is 0. The monoisotopic (exact) mass is 410 g/mol. The lowest BCUT2D eigenvalue weighted by atomic mass is 9.83. The molecule has 0 N–H and O–H groups in total. The Balaban J connectivity index is 1.43. The zero-order valence-electron chi connectivity index (χ0n) is 16.7. The molecule has 0 aliphatic carbocycles. The molecule has 2 fully saturated rings. The van der Waals surface area contributed by atoms with E-state index in [2.05, 4.69) is 22.9 Å². The number of fused-ring (bicyclic) bond motifs is 4. The van der Waals surface area contributed by atoms with Crippen LogP contribution in [0.3, 0.4) is 0 Å². The van der Waals surface area contributed by atoms with E-state index >= 15 is 0 Å². The Morgan fingerprint density at radius 1 is 1.14 bits per heavy atom. The van der Waals surface area contributed by atoms with Gasteiger partial charge in [0.05, 0.1) is 0 Å². The number of anilines is 1. The standard InChI is InChI=1S/C22H26N4O2S/c1-15-4-5-23-20(10-15)25-12-16-11-17(14-25)19-3-2-18(22(28)26(19)13-16)21(27)24-6-8-29-9-7-24/h2-5,10,16-17H,6-9,11-14H2,1H3/t16-,17+/m0/s1. The molecule has 2 aromatic heterocycles. The van der Waals surface area contributed by atoms with E-state index in [1.54, 1.807) is 6.07 Å². The van der Waals surface area contributed by atoms with Crippen molar-refractivity contribution in [3.63, 3.8) is 0 Å². The zero-order chi connectivity index (χ0) is 20.0. The first-order valence-corrected chi connectivity index (χ1v) is 11.5. The van der Waals surface area contributed by atoms with Crippen molar-refractivity contribution in [2.75, 3.05) is 42.6 Å². The maximum absolute atomic E-state index is 13.2. The van der Waals surface area contributed by atoms with Gasteiger partial charge < -0.3 is 14.4 Å². The van der Waals surface area contributed by atoms with Gasteiger partial charge in [-0.25, -0.2) is 4.98 Å². The van der Waals surface area contributed by atoms with Crippen molar-refractivity contribution in [2.24, 2.45) is 5.92 Å². The van der Waals surface area contributed by atoms with Gasteiger partial charge in [-0.3, -0.25) is 9.59 Å². The maximum atomic E-state index is 13.2. The Morgan fingerprint density at radius 2 is 1.97 bits per heavy atom. The minimum Gasteiger partial charge on any atom is -0.356 e. The molecule has 7 heteroatoms. The Kier molecular flexibility index (Phi) is 4.86. The molecule has 2 saturated heterocycles. The van der Waals surface area contributed by atoms with Crippen molar-refractivity contribution in [1.82, 2.24) is 14.5 Å². The zero-order valence-corrected chi connectivity index (χ0v) is 17.5. The molecular weight excluding hydrogens is 384 g/mol. The van der Waals surface area contributed by atoms with Crippen molar-refractivity contribution in [3.8, 4) is 0 Å². The molecule has 0 saturated carbocycles. The fraction of sp³-hybridized carbons (Fsp3) is 0.500. The molecule has 2 atom stereocenters. The highest BCUT2D eigenvalue weighted by atomic mass is 32.2. The minimum absolute atomic E-state index is 0.105. The first-order chi connectivity index (χ1) is 14.1. The molecule has 0 radical (unpaired) electrons. The molecule has 0 unspecified atom stereocenters. The number of rotatable bonds is 2. The number of carbonyl (C=O) groups excluding carboxylic acids is 1. The summed E-state index contributed by atoms with van der Waals surface area (Å²) < 4.78 is 1.88. The summed E-state index contributed by atoms with van der Waals surface area (Å²) in [7, 11) is 0. The van der Waals surface area contributed by atoms with Gasteiger partial charge in [0.2, 0.25) is 0 Å². The van der Waals surface area contributed by atoms with Gasteiger partial charge in [0.15, 0.2) is 0 Å². The van der Waals surface area contributed by atoms with Crippen molar-refractivity contribution in [2.45, 2.75) is 25.8 Å². The van der Waals surface area contributed by atoms with E-state index in [0.717, 1.165) is 55.6 Å². The maximum Gasteiger partial charge on any atom is 0.263 e. The molecule has 5 heterocycles. The van der Waals surface area contributed by atoms with Crippen LogP contribution in [-0.4, -0.2) is 58.0 Å². The van der Waals surface area contributed by atoms with Crippen molar-refractivity contribution in [1.29, 1.82) is 0 Å². The van der Waals surface area contributed by atoms with E-state index in [-0.39, 0.29) is 11.5 Å². The SMILES string of the molecule is Cc1ccnc(N2C[C@@H]3C[C@H](C2)c2ccc(C(=O)N4CCSCC4)c(=O)n2C3)c1. The first-order valence-electron chi connectivity index (χ1n) is 10.4. The first kappa shape index (κ1) is 18.7. The van der Waals surface area contributed by atoms with Crippen LogP contribution in [0.5, 0.6) is 0 Å². The molecule has 3 aliphatic rings. The largest absolute Gasteiger partial charge is 0.356 e. The normalized spacial score (nSPS) is 23.6.